The van der Waals surface area contributed by atoms with E-state index in [9.17, 15) is 9.90 Å². The van der Waals surface area contributed by atoms with Crippen molar-refractivity contribution in [2.45, 2.75) is 38.0 Å². The Bertz CT molecular complexity index is 626. The van der Waals surface area contributed by atoms with E-state index in [1.54, 1.807) is 12.1 Å². The van der Waals surface area contributed by atoms with Crippen LogP contribution < -0.4 is 5.32 Å². The Balaban J connectivity index is 1.52. The summed E-state index contributed by atoms with van der Waals surface area (Å²) in [5.74, 6) is 0.176. The Morgan fingerprint density at radius 2 is 2.16 bits per heavy atom. The number of nitriles is 1. The number of carbonyl (C=O) groups excluding carboxylic acids is 1. The minimum absolute atomic E-state index is 0.0243. The van der Waals surface area contributed by atoms with Gasteiger partial charge in [-0.2, -0.15) is 5.26 Å². The Kier molecular flexibility index (Phi) is 6.03. The van der Waals surface area contributed by atoms with E-state index in [0.29, 0.717) is 31.9 Å². The van der Waals surface area contributed by atoms with Crippen LogP contribution in [0.3, 0.4) is 0 Å². The second kappa shape index (κ2) is 8.43. The normalized spacial score (nSPS) is 27.0. The van der Waals surface area contributed by atoms with Crippen molar-refractivity contribution in [3.63, 3.8) is 0 Å². The molecule has 2 N–H and O–H groups in total. The molecule has 3 atom stereocenters. The van der Waals surface area contributed by atoms with E-state index >= 15 is 0 Å². The minimum atomic E-state index is -0.282. The first-order valence-corrected chi connectivity index (χ1v) is 8.93. The van der Waals surface area contributed by atoms with Crippen molar-refractivity contribution in [1.82, 2.24) is 10.2 Å². The van der Waals surface area contributed by atoms with Gasteiger partial charge in [-0.25, -0.2) is 0 Å². The summed E-state index contributed by atoms with van der Waals surface area (Å²) in [4.78, 5) is 14.5. The summed E-state index contributed by atoms with van der Waals surface area (Å²) < 4.78 is 5.59. The Labute approximate surface area is 148 Å². The molecule has 6 heteroatoms. The zero-order valence-electron chi connectivity index (χ0n) is 14.4. The van der Waals surface area contributed by atoms with Crippen LogP contribution in [-0.2, 0) is 16.1 Å². The summed E-state index contributed by atoms with van der Waals surface area (Å²) in [5.41, 5.74) is 1.58. The largest absolute Gasteiger partial charge is 0.393 e. The first-order valence-electron chi connectivity index (χ1n) is 8.93. The number of benzene rings is 1. The van der Waals surface area contributed by atoms with Gasteiger partial charge in [-0.15, -0.1) is 0 Å². The maximum absolute atomic E-state index is 12.3. The molecule has 0 bridgehead atoms. The van der Waals surface area contributed by atoms with Gasteiger partial charge >= 0.3 is 0 Å². The molecular weight excluding hydrogens is 318 g/mol. The molecule has 0 radical (unpaired) electrons. The molecule has 25 heavy (non-hydrogen) atoms. The van der Waals surface area contributed by atoms with Gasteiger partial charge in [0.25, 0.3) is 0 Å². The molecule has 0 aromatic heterocycles. The van der Waals surface area contributed by atoms with Gasteiger partial charge in [-0.05, 0) is 30.5 Å². The summed E-state index contributed by atoms with van der Waals surface area (Å²) in [6.07, 6.45) is 2.61. The van der Waals surface area contributed by atoms with Crippen LogP contribution in [0.15, 0.2) is 24.3 Å². The number of hydrogen-bond donors (Lipinski definition) is 2. The Hall–Kier alpha value is -1.94. The van der Waals surface area contributed by atoms with Crippen LogP contribution in [0, 0.1) is 17.2 Å². The third-order valence-corrected chi connectivity index (χ3v) is 5.23. The van der Waals surface area contributed by atoms with Crippen molar-refractivity contribution < 1.29 is 14.6 Å². The second-order valence-electron chi connectivity index (χ2n) is 6.86. The topological polar surface area (TPSA) is 85.6 Å². The van der Waals surface area contributed by atoms with Gasteiger partial charge in [0.1, 0.15) is 0 Å². The number of morpholine rings is 1. The molecule has 2 fully saturated rings. The zero-order valence-corrected chi connectivity index (χ0v) is 14.4. The summed E-state index contributed by atoms with van der Waals surface area (Å²) in [6.45, 7) is 2.71. The average molecular weight is 343 g/mol. The molecule has 1 aliphatic heterocycles. The van der Waals surface area contributed by atoms with Crippen LogP contribution in [0.4, 0.5) is 0 Å². The van der Waals surface area contributed by atoms with Crippen molar-refractivity contribution >= 4 is 5.91 Å². The van der Waals surface area contributed by atoms with Crippen molar-refractivity contribution in [3.05, 3.63) is 35.4 Å². The number of nitrogens with one attached hydrogen (secondary N) is 1. The SMILES string of the molecule is N#Cc1ccc(CNC(=O)CN2CCOC[C@@H]2[C@H]2CCC[C@@H]2O)cc1. The van der Waals surface area contributed by atoms with Crippen LogP contribution in [0.2, 0.25) is 0 Å². The monoisotopic (exact) mass is 343 g/mol. The molecular formula is C19H25N3O3. The van der Waals surface area contributed by atoms with Gasteiger partial charge in [0.05, 0.1) is 37.5 Å². The smallest absolute Gasteiger partial charge is 0.234 e. The molecule has 1 aromatic carbocycles. The van der Waals surface area contributed by atoms with E-state index < -0.39 is 0 Å². The van der Waals surface area contributed by atoms with Crippen molar-refractivity contribution in [3.8, 4) is 6.07 Å². The average Bonchev–Trinajstić information content (AvgIpc) is 3.07. The summed E-state index contributed by atoms with van der Waals surface area (Å²) >= 11 is 0. The Morgan fingerprint density at radius 1 is 1.36 bits per heavy atom. The molecule has 0 unspecified atom stereocenters. The van der Waals surface area contributed by atoms with Crippen LogP contribution in [0.5, 0.6) is 0 Å². The molecule has 134 valence electrons. The quantitative estimate of drug-likeness (QED) is 0.834. The standard InChI is InChI=1S/C19H25N3O3/c20-10-14-4-6-15(7-5-14)11-21-19(24)12-22-8-9-25-13-17(22)16-2-1-3-18(16)23/h4-7,16-18,23H,1-3,8-9,11-13H2,(H,21,24)/t16-,17-,18+/m1/s1. The van der Waals surface area contributed by atoms with Crippen LogP contribution in [0.1, 0.15) is 30.4 Å². The number of aliphatic hydroxyl groups excluding tert-OH is 1. The highest BCUT2D eigenvalue weighted by Gasteiger charge is 2.38. The molecule has 1 heterocycles. The predicted octanol–water partition coefficient (Wildman–Crippen LogP) is 1.04. The fraction of sp³-hybridized carbons (Fsp3) is 0.579. The highest BCUT2D eigenvalue weighted by Crippen LogP contribution is 2.32. The number of rotatable bonds is 5. The lowest BCUT2D eigenvalue weighted by atomic mass is 9.94. The number of aliphatic hydroxyl groups is 1. The molecule has 3 rings (SSSR count). The molecule has 1 aliphatic carbocycles. The zero-order chi connectivity index (χ0) is 17.6. The van der Waals surface area contributed by atoms with E-state index in [2.05, 4.69) is 16.3 Å². The summed E-state index contributed by atoms with van der Waals surface area (Å²) in [6, 6.07) is 9.41. The van der Waals surface area contributed by atoms with Gasteiger partial charge < -0.3 is 15.2 Å². The Morgan fingerprint density at radius 3 is 2.84 bits per heavy atom. The lowest BCUT2D eigenvalue weighted by Gasteiger charge is -2.39. The lowest BCUT2D eigenvalue weighted by Crippen LogP contribution is -2.53. The number of carbonyl (C=O) groups is 1. The molecule has 0 spiro atoms. The molecule has 6 nitrogen and oxygen atoms in total. The maximum Gasteiger partial charge on any atom is 0.234 e. The highest BCUT2D eigenvalue weighted by molar-refractivity contribution is 5.78. The van der Waals surface area contributed by atoms with Gasteiger partial charge in [0.2, 0.25) is 5.91 Å². The highest BCUT2D eigenvalue weighted by atomic mass is 16.5. The number of amides is 1. The molecule has 1 saturated heterocycles. The van der Waals surface area contributed by atoms with E-state index in [0.717, 1.165) is 31.4 Å². The fourth-order valence-corrected chi connectivity index (χ4v) is 3.80. The van der Waals surface area contributed by atoms with Gasteiger partial charge in [-0.3, -0.25) is 9.69 Å². The van der Waals surface area contributed by atoms with E-state index in [1.807, 2.05) is 12.1 Å². The first-order chi connectivity index (χ1) is 12.2. The third kappa shape index (κ3) is 4.57. The maximum atomic E-state index is 12.3. The van der Waals surface area contributed by atoms with E-state index in [1.165, 1.54) is 0 Å². The predicted molar refractivity (Wildman–Crippen MR) is 92.5 cm³/mol. The second-order valence-corrected chi connectivity index (χ2v) is 6.86. The molecule has 1 aromatic rings. The van der Waals surface area contributed by atoms with Crippen molar-refractivity contribution in [2.75, 3.05) is 26.3 Å². The lowest BCUT2D eigenvalue weighted by molar-refractivity contribution is -0.126. The summed E-state index contributed by atoms with van der Waals surface area (Å²) in [5, 5.41) is 21.9. The van der Waals surface area contributed by atoms with Gasteiger partial charge in [-0.1, -0.05) is 18.6 Å². The van der Waals surface area contributed by atoms with E-state index in [4.69, 9.17) is 10.00 Å². The number of hydrogen-bond acceptors (Lipinski definition) is 5. The van der Waals surface area contributed by atoms with Crippen molar-refractivity contribution in [2.24, 2.45) is 5.92 Å². The van der Waals surface area contributed by atoms with Crippen LogP contribution in [0.25, 0.3) is 0 Å². The van der Waals surface area contributed by atoms with Crippen LogP contribution in [-0.4, -0.2) is 54.4 Å². The third-order valence-electron chi connectivity index (χ3n) is 5.23. The number of nitrogens with zero attached hydrogens (tertiary/aromatic N) is 2. The van der Waals surface area contributed by atoms with Gasteiger partial charge in [0, 0.05) is 25.0 Å². The van der Waals surface area contributed by atoms with E-state index in [-0.39, 0.29) is 24.0 Å². The molecule has 1 saturated carbocycles. The first kappa shape index (κ1) is 17.9. The molecule has 2 aliphatic rings. The van der Waals surface area contributed by atoms with Gasteiger partial charge in [0.15, 0.2) is 0 Å². The van der Waals surface area contributed by atoms with Crippen molar-refractivity contribution in [1.29, 1.82) is 5.26 Å². The van der Waals surface area contributed by atoms with Crippen LogP contribution >= 0.6 is 0 Å². The fourth-order valence-electron chi connectivity index (χ4n) is 3.80. The summed E-state index contributed by atoms with van der Waals surface area (Å²) in [7, 11) is 0. The molecule has 1 amide bonds. The number of ether oxygens (including phenoxy) is 1. The minimum Gasteiger partial charge on any atom is -0.393 e.